The number of hydrogen-bond donors (Lipinski definition) is 1. The van der Waals surface area contributed by atoms with E-state index in [2.05, 4.69) is 5.16 Å². The number of benzene rings is 1. The molecular weight excluding hydrogens is 183 g/mol. The van der Waals surface area contributed by atoms with Crippen LogP contribution in [0.3, 0.4) is 0 Å². The molecule has 0 aliphatic carbocycles. The largest absolute Gasteiger partial charge is 0.367 e. The van der Waals surface area contributed by atoms with Crippen LogP contribution in [0.15, 0.2) is 28.9 Å². The molecule has 0 aliphatic rings. The smallest absolute Gasteiger partial charge is 0.229 e. The van der Waals surface area contributed by atoms with Gasteiger partial charge in [-0.05, 0) is 30.2 Å². The van der Waals surface area contributed by atoms with E-state index < -0.39 is 0 Å². The zero-order valence-corrected chi connectivity index (χ0v) is 7.62. The summed E-state index contributed by atoms with van der Waals surface area (Å²) in [7, 11) is 0. The highest BCUT2D eigenvalue weighted by molar-refractivity contribution is 5.74. The van der Waals surface area contributed by atoms with E-state index in [0.29, 0.717) is 5.56 Å². The third-order valence-electron chi connectivity index (χ3n) is 2.08. The molecule has 14 heavy (non-hydrogen) atoms. The number of hydrogen-bond acceptors (Lipinski definition) is 3. The number of nitrogens with two attached hydrogens (primary N) is 1. The molecule has 0 spiro atoms. The van der Waals surface area contributed by atoms with Gasteiger partial charge in [0.15, 0.2) is 0 Å². The molecule has 4 heteroatoms. The van der Waals surface area contributed by atoms with E-state index in [1.807, 2.05) is 6.92 Å². The first-order chi connectivity index (χ1) is 6.68. The molecule has 0 radical (unpaired) electrons. The van der Waals surface area contributed by atoms with Gasteiger partial charge in [-0.25, -0.2) is 4.39 Å². The van der Waals surface area contributed by atoms with Gasteiger partial charge in [0.25, 0.3) is 0 Å². The summed E-state index contributed by atoms with van der Waals surface area (Å²) in [5.41, 5.74) is 7.90. The molecule has 0 aliphatic heterocycles. The first kappa shape index (κ1) is 8.74. The lowest BCUT2D eigenvalue weighted by Gasteiger charge is -2.02. The minimum atomic E-state index is -0.263. The maximum absolute atomic E-state index is 12.8. The van der Waals surface area contributed by atoms with Crippen LogP contribution in [0.25, 0.3) is 11.1 Å². The monoisotopic (exact) mass is 192 g/mol. The molecule has 0 saturated heterocycles. The number of halogens is 1. The van der Waals surface area contributed by atoms with Gasteiger partial charge in [-0.1, -0.05) is 11.2 Å². The molecule has 2 aromatic rings. The molecule has 0 bridgehead atoms. The Morgan fingerprint density at radius 2 is 2.14 bits per heavy atom. The van der Waals surface area contributed by atoms with Crippen molar-refractivity contribution in [1.82, 2.24) is 5.16 Å². The van der Waals surface area contributed by atoms with Crippen LogP contribution >= 0.6 is 0 Å². The van der Waals surface area contributed by atoms with Crippen molar-refractivity contribution < 1.29 is 8.91 Å². The van der Waals surface area contributed by atoms with Crippen molar-refractivity contribution in [3.05, 3.63) is 35.8 Å². The fraction of sp³-hybridized carbons (Fsp3) is 0.100. The maximum Gasteiger partial charge on any atom is 0.229 e. The third kappa shape index (κ3) is 1.35. The van der Waals surface area contributed by atoms with Gasteiger partial charge < -0.3 is 10.3 Å². The van der Waals surface area contributed by atoms with Crippen LogP contribution in [0.2, 0.25) is 0 Å². The second-order valence-corrected chi connectivity index (χ2v) is 3.06. The first-order valence-corrected chi connectivity index (χ1v) is 4.15. The SMILES string of the molecule is Cc1cc(F)ccc1-c1cnoc1N. The van der Waals surface area contributed by atoms with Crippen LogP contribution in [0.1, 0.15) is 5.56 Å². The Labute approximate surface area is 80.3 Å². The van der Waals surface area contributed by atoms with Gasteiger partial charge in [-0.15, -0.1) is 0 Å². The number of nitrogens with zero attached hydrogens (tertiary/aromatic N) is 1. The number of nitrogen functional groups attached to an aromatic ring is 1. The van der Waals surface area contributed by atoms with E-state index in [1.54, 1.807) is 6.07 Å². The van der Waals surface area contributed by atoms with E-state index in [1.165, 1.54) is 18.3 Å². The van der Waals surface area contributed by atoms with Crippen molar-refractivity contribution in [2.45, 2.75) is 6.92 Å². The molecule has 0 amide bonds. The molecule has 2 rings (SSSR count). The van der Waals surface area contributed by atoms with Gasteiger partial charge in [0.05, 0.1) is 11.8 Å². The highest BCUT2D eigenvalue weighted by Gasteiger charge is 2.09. The van der Waals surface area contributed by atoms with Crippen molar-refractivity contribution in [3.63, 3.8) is 0 Å². The van der Waals surface area contributed by atoms with Crippen molar-refractivity contribution in [2.24, 2.45) is 0 Å². The Morgan fingerprint density at radius 1 is 1.36 bits per heavy atom. The fourth-order valence-electron chi connectivity index (χ4n) is 1.38. The minimum absolute atomic E-state index is 0.250. The summed E-state index contributed by atoms with van der Waals surface area (Å²) >= 11 is 0. The molecule has 1 heterocycles. The predicted octanol–water partition coefficient (Wildman–Crippen LogP) is 2.37. The van der Waals surface area contributed by atoms with Gasteiger partial charge in [-0.3, -0.25) is 0 Å². The molecule has 0 atom stereocenters. The summed E-state index contributed by atoms with van der Waals surface area (Å²) in [5, 5.41) is 3.57. The third-order valence-corrected chi connectivity index (χ3v) is 2.08. The molecule has 0 unspecified atom stereocenters. The molecule has 0 fully saturated rings. The quantitative estimate of drug-likeness (QED) is 0.754. The number of anilines is 1. The summed E-state index contributed by atoms with van der Waals surface area (Å²) in [6, 6.07) is 4.49. The normalized spacial score (nSPS) is 10.4. The number of rotatable bonds is 1. The molecule has 0 saturated carbocycles. The van der Waals surface area contributed by atoms with Crippen LogP contribution in [-0.4, -0.2) is 5.16 Å². The fourth-order valence-corrected chi connectivity index (χ4v) is 1.38. The Hall–Kier alpha value is -1.84. The van der Waals surface area contributed by atoms with Crippen molar-refractivity contribution in [1.29, 1.82) is 0 Å². The van der Waals surface area contributed by atoms with Crippen LogP contribution in [0, 0.1) is 12.7 Å². The topological polar surface area (TPSA) is 52.0 Å². The second kappa shape index (κ2) is 3.14. The van der Waals surface area contributed by atoms with Gasteiger partial charge in [0, 0.05) is 0 Å². The van der Waals surface area contributed by atoms with Gasteiger partial charge >= 0.3 is 0 Å². The van der Waals surface area contributed by atoms with E-state index in [9.17, 15) is 4.39 Å². The predicted molar refractivity (Wildman–Crippen MR) is 51.0 cm³/mol. The van der Waals surface area contributed by atoms with Crippen LogP contribution in [0.5, 0.6) is 0 Å². The van der Waals surface area contributed by atoms with Crippen LogP contribution in [0.4, 0.5) is 10.3 Å². The second-order valence-electron chi connectivity index (χ2n) is 3.06. The molecular formula is C10H9FN2O. The zero-order chi connectivity index (χ0) is 10.1. The summed E-state index contributed by atoms with van der Waals surface area (Å²) in [6.45, 7) is 1.81. The van der Waals surface area contributed by atoms with Gasteiger partial charge in [0.2, 0.25) is 5.88 Å². The Bertz CT molecular complexity index is 465. The minimum Gasteiger partial charge on any atom is -0.367 e. The van der Waals surface area contributed by atoms with E-state index >= 15 is 0 Å². The number of aromatic nitrogens is 1. The van der Waals surface area contributed by atoms with E-state index in [0.717, 1.165) is 11.1 Å². The summed E-state index contributed by atoms with van der Waals surface area (Å²) in [5.74, 6) is -0.0130. The standard InChI is InChI=1S/C10H9FN2O/c1-6-4-7(11)2-3-8(6)9-5-13-14-10(9)12/h2-5H,12H2,1H3. The van der Waals surface area contributed by atoms with Crippen LogP contribution < -0.4 is 5.73 Å². The summed E-state index contributed by atoms with van der Waals surface area (Å²) in [6.07, 6.45) is 1.52. The van der Waals surface area contributed by atoms with Crippen molar-refractivity contribution in [3.8, 4) is 11.1 Å². The van der Waals surface area contributed by atoms with Gasteiger partial charge in [-0.2, -0.15) is 0 Å². The highest BCUT2D eigenvalue weighted by atomic mass is 19.1. The van der Waals surface area contributed by atoms with E-state index in [-0.39, 0.29) is 11.7 Å². The highest BCUT2D eigenvalue weighted by Crippen LogP contribution is 2.28. The van der Waals surface area contributed by atoms with Crippen molar-refractivity contribution >= 4 is 5.88 Å². The zero-order valence-electron chi connectivity index (χ0n) is 7.62. The number of aryl methyl sites for hydroxylation is 1. The Kier molecular flexibility index (Phi) is 1.96. The molecule has 1 aromatic carbocycles. The molecule has 2 N–H and O–H groups in total. The Balaban J connectivity index is 2.58. The molecule has 1 aromatic heterocycles. The molecule has 72 valence electrons. The maximum atomic E-state index is 12.8. The van der Waals surface area contributed by atoms with Crippen molar-refractivity contribution in [2.75, 3.05) is 5.73 Å². The van der Waals surface area contributed by atoms with Crippen LogP contribution in [-0.2, 0) is 0 Å². The summed E-state index contributed by atoms with van der Waals surface area (Å²) < 4.78 is 17.6. The summed E-state index contributed by atoms with van der Waals surface area (Å²) in [4.78, 5) is 0. The molecule has 3 nitrogen and oxygen atoms in total. The van der Waals surface area contributed by atoms with E-state index in [4.69, 9.17) is 10.3 Å². The lowest BCUT2D eigenvalue weighted by molar-refractivity contribution is 0.436. The lowest BCUT2D eigenvalue weighted by atomic mass is 10.0. The lowest BCUT2D eigenvalue weighted by Crippen LogP contribution is -1.88. The average molecular weight is 192 g/mol. The average Bonchev–Trinajstić information content (AvgIpc) is 2.52. The Morgan fingerprint density at radius 3 is 2.71 bits per heavy atom. The van der Waals surface area contributed by atoms with Gasteiger partial charge in [0.1, 0.15) is 5.82 Å². The first-order valence-electron chi connectivity index (χ1n) is 4.15.